The minimum atomic E-state index is -3.74. The highest BCUT2D eigenvalue weighted by Gasteiger charge is 2.37. The predicted octanol–water partition coefficient (Wildman–Crippen LogP) is 5.94. The van der Waals surface area contributed by atoms with Crippen LogP contribution in [0.5, 0.6) is 11.5 Å². The summed E-state index contributed by atoms with van der Waals surface area (Å²) in [7, 11) is -3.74. The van der Waals surface area contributed by atoms with Gasteiger partial charge < -0.3 is 14.8 Å². The molecule has 5 N–H and O–H groups in total. The highest BCUT2D eigenvalue weighted by atomic mass is 127. The maximum Gasteiger partial charge on any atom is 0.235 e. The summed E-state index contributed by atoms with van der Waals surface area (Å²) in [6.07, 6.45) is 1.07. The second-order valence-corrected chi connectivity index (χ2v) is 10.9. The van der Waals surface area contributed by atoms with Crippen molar-refractivity contribution < 1.29 is 21.9 Å². The Morgan fingerprint density at radius 2 is 1.85 bits per heavy atom. The molecular weight excluding hydrogens is 585 g/mol. The fourth-order valence-electron chi connectivity index (χ4n) is 3.02. The minimum Gasteiger partial charge on any atom is -0.455 e. The summed E-state index contributed by atoms with van der Waals surface area (Å²) in [6.45, 7) is 0. The van der Waals surface area contributed by atoms with E-state index in [9.17, 15) is 17.2 Å². The van der Waals surface area contributed by atoms with E-state index in [0.29, 0.717) is 27.8 Å². The van der Waals surface area contributed by atoms with E-state index in [4.69, 9.17) is 9.88 Å². The molecule has 1 saturated carbocycles. The standard InChI is InChI=1S/C21H19F2IN4O3S2/c22-12-8-19(26-18-7-4-13(24)10-17(18)23)21(28-33(29,30)16-5-6-16)20(9-12)31-15-3-1-2-14(11-15)27-32-25/h1-4,7-11,16,26-28H,5-6,25H2. The Kier molecular flexibility index (Phi) is 7.16. The summed E-state index contributed by atoms with van der Waals surface area (Å²) in [5.41, 5.74) is 0.690. The first-order valence-corrected chi connectivity index (χ1v) is 13.2. The number of hydrogen-bond acceptors (Lipinski definition) is 7. The molecule has 0 atom stereocenters. The van der Waals surface area contributed by atoms with Gasteiger partial charge in [-0.3, -0.25) is 9.86 Å². The predicted molar refractivity (Wildman–Crippen MR) is 136 cm³/mol. The Labute approximate surface area is 207 Å². The van der Waals surface area contributed by atoms with Gasteiger partial charge in [-0.25, -0.2) is 17.2 Å². The summed E-state index contributed by atoms with van der Waals surface area (Å²) < 4.78 is 66.3. The highest BCUT2D eigenvalue weighted by molar-refractivity contribution is 14.1. The molecule has 0 aromatic heterocycles. The summed E-state index contributed by atoms with van der Waals surface area (Å²) >= 11 is 2.87. The Balaban J connectivity index is 1.76. The van der Waals surface area contributed by atoms with E-state index in [-0.39, 0.29) is 22.8 Å². The third-order valence-corrected chi connectivity index (χ3v) is 7.58. The molecule has 0 radical (unpaired) electrons. The van der Waals surface area contributed by atoms with Crippen LogP contribution < -0.4 is 24.6 Å². The summed E-state index contributed by atoms with van der Waals surface area (Å²) in [6, 6.07) is 13.3. The maximum atomic E-state index is 14.6. The Bertz CT molecular complexity index is 1290. The van der Waals surface area contributed by atoms with Gasteiger partial charge in [-0.2, -0.15) is 0 Å². The van der Waals surface area contributed by atoms with Gasteiger partial charge in [0.1, 0.15) is 23.1 Å². The molecule has 0 spiro atoms. The SMILES string of the molecule is NSNc1cccc(Oc2cc(F)cc(Nc3ccc(I)cc3F)c2NS(=O)(=O)C2CC2)c1. The molecule has 0 unspecified atom stereocenters. The third kappa shape index (κ3) is 5.99. The van der Waals surface area contributed by atoms with E-state index < -0.39 is 26.9 Å². The topological polar surface area (TPSA) is 105 Å². The van der Waals surface area contributed by atoms with Gasteiger partial charge in [0.05, 0.1) is 16.6 Å². The number of rotatable bonds is 9. The van der Waals surface area contributed by atoms with Crippen molar-refractivity contribution in [1.29, 1.82) is 0 Å². The van der Waals surface area contributed by atoms with Crippen LogP contribution in [0.15, 0.2) is 54.6 Å². The quantitative estimate of drug-likeness (QED) is 0.177. The number of nitrogens with one attached hydrogen (secondary N) is 3. The smallest absolute Gasteiger partial charge is 0.235 e. The van der Waals surface area contributed by atoms with Gasteiger partial charge in [0.15, 0.2) is 5.75 Å². The van der Waals surface area contributed by atoms with Gasteiger partial charge in [0.25, 0.3) is 0 Å². The van der Waals surface area contributed by atoms with Crippen molar-refractivity contribution in [2.75, 3.05) is 14.8 Å². The first kappa shape index (κ1) is 23.9. The third-order valence-electron chi connectivity index (χ3n) is 4.71. The fraction of sp³-hybridized carbons (Fsp3) is 0.143. The van der Waals surface area contributed by atoms with Gasteiger partial charge in [-0.05, 0) is 71.8 Å². The lowest BCUT2D eigenvalue weighted by atomic mass is 10.2. The molecule has 1 aliphatic carbocycles. The number of anilines is 4. The zero-order chi connectivity index (χ0) is 23.6. The van der Waals surface area contributed by atoms with Crippen LogP contribution in [0, 0.1) is 15.2 Å². The molecule has 0 amide bonds. The van der Waals surface area contributed by atoms with Crippen LogP contribution in [0.4, 0.5) is 31.5 Å². The number of halogens is 3. The molecule has 174 valence electrons. The van der Waals surface area contributed by atoms with Gasteiger partial charge in [0.2, 0.25) is 10.0 Å². The number of hydrogen-bond donors (Lipinski definition) is 4. The summed E-state index contributed by atoms with van der Waals surface area (Å²) in [5, 5.41) is 7.68. The molecule has 1 aliphatic rings. The van der Waals surface area contributed by atoms with Gasteiger partial charge in [-0.1, -0.05) is 6.07 Å². The van der Waals surface area contributed by atoms with Crippen molar-refractivity contribution in [3.63, 3.8) is 0 Å². The van der Waals surface area contributed by atoms with Crippen LogP contribution in [0.1, 0.15) is 12.8 Å². The van der Waals surface area contributed by atoms with Crippen molar-refractivity contribution in [3.05, 3.63) is 69.8 Å². The molecule has 7 nitrogen and oxygen atoms in total. The highest BCUT2D eigenvalue weighted by Crippen LogP contribution is 2.41. The van der Waals surface area contributed by atoms with Gasteiger partial charge in [0, 0.05) is 33.5 Å². The summed E-state index contributed by atoms with van der Waals surface area (Å²) in [5.74, 6) is -1.02. The maximum absolute atomic E-state index is 14.6. The second-order valence-electron chi connectivity index (χ2n) is 7.27. The van der Waals surface area contributed by atoms with E-state index in [1.54, 1.807) is 30.3 Å². The molecule has 0 aliphatic heterocycles. The molecule has 0 bridgehead atoms. The number of nitrogens with two attached hydrogens (primary N) is 1. The van der Waals surface area contributed by atoms with E-state index >= 15 is 0 Å². The Hall–Kier alpha value is -2.29. The molecule has 12 heteroatoms. The van der Waals surface area contributed by atoms with Crippen molar-refractivity contribution >= 4 is 67.5 Å². The van der Waals surface area contributed by atoms with Crippen LogP contribution >= 0.6 is 34.7 Å². The first-order valence-electron chi connectivity index (χ1n) is 9.72. The summed E-state index contributed by atoms with van der Waals surface area (Å²) in [4.78, 5) is 0. The fourth-order valence-corrected chi connectivity index (χ4v) is 5.16. The number of benzene rings is 3. The second kappa shape index (κ2) is 9.91. The lowest BCUT2D eigenvalue weighted by Crippen LogP contribution is -2.19. The van der Waals surface area contributed by atoms with E-state index in [2.05, 4.69) is 14.8 Å². The monoisotopic (exact) mass is 604 g/mol. The molecule has 0 saturated heterocycles. The minimum absolute atomic E-state index is 0.0149. The first-order chi connectivity index (χ1) is 15.7. The lowest BCUT2D eigenvalue weighted by molar-refractivity contribution is 0.479. The van der Waals surface area contributed by atoms with E-state index in [1.165, 1.54) is 12.1 Å². The largest absolute Gasteiger partial charge is 0.455 e. The molecule has 33 heavy (non-hydrogen) atoms. The van der Waals surface area contributed by atoms with Crippen LogP contribution in [0.25, 0.3) is 0 Å². The van der Waals surface area contributed by atoms with Crippen LogP contribution in [-0.4, -0.2) is 13.7 Å². The zero-order valence-electron chi connectivity index (χ0n) is 16.9. The molecular formula is C21H19F2IN4O3S2. The lowest BCUT2D eigenvalue weighted by Gasteiger charge is -2.19. The Morgan fingerprint density at radius 1 is 1.06 bits per heavy atom. The molecule has 0 heterocycles. The van der Waals surface area contributed by atoms with Crippen LogP contribution in [-0.2, 0) is 10.0 Å². The van der Waals surface area contributed by atoms with Gasteiger partial charge >= 0.3 is 0 Å². The normalized spacial score (nSPS) is 13.5. The van der Waals surface area contributed by atoms with Crippen LogP contribution in [0.2, 0.25) is 0 Å². The van der Waals surface area contributed by atoms with Crippen molar-refractivity contribution in [1.82, 2.24) is 0 Å². The van der Waals surface area contributed by atoms with E-state index in [0.717, 1.165) is 24.3 Å². The number of sulfonamides is 1. The average molecular weight is 604 g/mol. The van der Waals surface area contributed by atoms with Crippen LogP contribution in [0.3, 0.4) is 0 Å². The average Bonchev–Trinajstić information content (AvgIpc) is 3.59. The molecule has 3 aromatic carbocycles. The molecule has 3 aromatic rings. The van der Waals surface area contributed by atoms with Crippen molar-refractivity contribution in [2.45, 2.75) is 18.1 Å². The zero-order valence-corrected chi connectivity index (χ0v) is 20.7. The molecule has 4 rings (SSSR count). The van der Waals surface area contributed by atoms with E-state index in [1.807, 2.05) is 22.6 Å². The number of ether oxygens (including phenoxy) is 1. The van der Waals surface area contributed by atoms with Crippen molar-refractivity contribution in [2.24, 2.45) is 5.14 Å². The van der Waals surface area contributed by atoms with Gasteiger partial charge in [-0.15, -0.1) is 0 Å². The van der Waals surface area contributed by atoms with Crippen molar-refractivity contribution in [3.8, 4) is 11.5 Å². The molecule has 1 fully saturated rings. The Morgan fingerprint density at radius 3 is 2.55 bits per heavy atom.